The SMILES string of the molecule is CCOC(=O)CNC(=O)NC1CCOCC1. The molecule has 0 aromatic carbocycles. The molecule has 1 saturated heterocycles. The lowest BCUT2D eigenvalue weighted by molar-refractivity contribution is -0.141. The number of carbonyl (C=O) groups is 2. The van der Waals surface area contributed by atoms with E-state index in [1.165, 1.54) is 0 Å². The Morgan fingerprint density at radius 1 is 1.38 bits per heavy atom. The van der Waals surface area contributed by atoms with Gasteiger partial charge in [0.05, 0.1) is 6.61 Å². The van der Waals surface area contributed by atoms with Crippen LogP contribution in [0.1, 0.15) is 19.8 Å². The molecule has 1 heterocycles. The van der Waals surface area contributed by atoms with Gasteiger partial charge in [-0.2, -0.15) is 0 Å². The molecule has 1 aliphatic heterocycles. The van der Waals surface area contributed by atoms with Gasteiger partial charge in [-0.15, -0.1) is 0 Å². The van der Waals surface area contributed by atoms with Crippen molar-refractivity contribution >= 4 is 12.0 Å². The first-order valence-electron chi connectivity index (χ1n) is 5.50. The second-order valence-corrected chi connectivity index (χ2v) is 3.52. The molecule has 0 saturated carbocycles. The highest BCUT2D eigenvalue weighted by Crippen LogP contribution is 2.05. The fourth-order valence-corrected chi connectivity index (χ4v) is 1.44. The molecule has 0 aromatic rings. The number of ether oxygens (including phenoxy) is 2. The van der Waals surface area contributed by atoms with Crippen LogP contribution in [0.25, 0.3) is 0 Å². The van der Waals surface area contributed by atoms with Gasteiger partial charge < -0.3 is 20.1 Å². The average molecular weight is 230 g/mol. The number of urea groups is 1. The summed E-state index contributed by atoms with van der Waals surface area (Å²) < 4.78 is 9.85. The highest BCUT2D eigenvalue weighted by molar-refractivity contribution is 5.80. The van der Waals surface area contributed by atoms with Crippen LogP contribution >= 0.6 is 0 Å². The van der Waals surface area contributed by atoms with Gasteiger partial charge in [-0.1, -0.05) is 0 Å². The minimum atomic E-state index is -0.426. The monoisotopic (exact) mass is 230 g/mol. The first-order valence-corrected chi connectivity index (χ1v) is 5.50. The molecule has 92 valence electrons. The first-order chi connectivity index (χ1) is 7.72. The maximum atomic E-state index is 11.3. The van der Waals surface area contributed by atoms with Crippen LogP contribution in [-0.2, 0) is 14.3 Å². The van der Waals surface area contributed by atoms with Crippen molar-refractivity contribution in [3.63, 3.8) is 0 Å². The maximum absolute atomic E-state index is 11.3. The Labute approximate surface area is 94.7 Å². The summed E-state index contributed by atoms with van der Waals surface area (Å²) in [6.45, 7) is 3.29. The van der Waals surface area contributed by atoms with Gasteiger partial charge in [-0.05, 0) is 19.8 Å². The number of hydrogen-bond donors (Lipinski definition) is 2. The third-order valence-corrected chi connectivity index (χ3v) is 2.26. The molecular formula is C10H18N2O4. The van der Waals surface area contributed by atoms with Gasteiger partial charge in [0.15, 0.2) is 0 Å². The van der Waals surface area contributed by atoms with Gasteiger partial charge in [-0.25, -0.2) is 4.79 Å². The van der Waals surface area contributed by atoms with Crippen molar-refractivity contribution in [1.29, 1.82) is 0 Å². The Kier molecular flexibility index (Phi) is 5.63. The lowest BCUT2D eigenvalue weighted by Crippen LogP contribution is -2.45. The fraction of sp³-hybridized carbons (Fsp3) is 0.800. The van der Waals surface area contributed by atoms with Crippen LogP contribution in [0.4, 0.5) is 4.79 Å². The lowest BCUT2D eigenvalue weighted by Gasteiger charge is -2.23. The Balaban J connectivity index is 2.12. The Morgan fingerprint density at radius 3 is 2.69 bits per heavy atom. The van der Waals surface area contributed by atoms with Gasteiger partial charge >= 0.3 is 12.0 Å². The van der Waals surface area contributed by atoms with Crippen LogP contribution in [0.15, 0.2) is 0 Å². The quantitative estimate of drug-likeness (QED) is 0.668. The number of carbonyl (C=O) groups excluding carboxylic acids is 2. The Hall–Kier alpha value is -1.30. The van der Waals surface area contributed by atoms with Gasteiger partial charge in [0.2, 0.25) is 0 Å². The summed E-state index contributed by atoms with van der Waals surface area (Å²) in [5.74, 6) is -0.426. The van der Waals surface area contributed by atoms with E-state index < -0.39 is 5.97 Å². The largest absolute Gasteiger partial charge is 0.465 e. The minimum absolute atomic E-state index is 0.0944. The van der Waals surface area contributed by atoms with E-state index in [1.54, 1.807) is 6.92 Å². The molecule has 1 fully saturated rings. The zero-order chi connectivity index (χ0) is 11.8. The van der Waals surface area contributed by atoms with Crippen LogP contribution in [-0.4, -0.2) is 44.4 Å². The van der Waals surface area contributed by atoms with E-state index in [0.717, 1.165) is 12.8 Å². The van der Waals surface area contributed by atoms with E-state index in [-0.39, 0.29) is 18.6 Å². The molecule has 0 spiro atoms. The zero-order valence-corrected chi connectivity index (χ0v) is 9.45. The van der Waals surface area contributed by atoms with Crippen molar-refractivity contribution in [2.75, 3.05) is 26.4 Å². The summed E-state index contributed by atoms with van der Waals surface area (Å²) >= 11 is 0. The molecule has 2 amide bonds. The summed E-state index contributed by atoms with van der Waals surface area (Å²) in [6, 6.07) is -0.198. The average Bonchev–Trinajstić information content (AvgIpc) is 2.28. The van der Waals surface area contributed by atoms with Crippen molar-refractivity contribution in [3.8, 4) is 0 Å². The Bertz CT molecular complexity index is 239. The number of hydrogen-bond acceptors (Lipinski definition) is 4. The van der Waals surface area contributed by atoms with Gasteiger partial charge in [0, 0.05) is 19.3 Å². The molecule has 6 nitrogen and oxygen atoms in total. The minimum Gasteiger partial charge on any atom is -0.465 e. The molecule has 1 aliphatic rings. The molecule has 0 unspecified atom stereocenters. The third kappa shape index (κ3) is 4.97. The van der Waals surface area contributed by atoms with Crippen LogP contribution in [0, 0.1) is 0 Å². The summed E-state index contributed by atoms with van der Waals surface area (Å²) in [6.07, 6.45) is 1.62. The summed E-state index contributed by atoms with van der Waals surface area (Å²) in [5, 5.41) is 5.23. The van der Waals surface area contributed by atoms with Crippen LogP contribution < -0.4 is 10.6 Å². The normalized spacial score (nSPS) is 16.6. The summed E-state index contributed by atoms with van der Waals surface area (Å²) in [4.78, 5) is 22.3. The molecule has 0 atom stereocenters. The van der Waals surface area contributed by atoms with Gasteiger partial charge in [0.1, 0.15) is 6.54 Å². The van der Waals surface area contributed by atoms with Crippen molar-refractivity contribution in [2.45, 2.75) is 25.8 Å². The number of esters is 1. The lowest BCUT2D eigenvalue weighted by atomic mass is 10.1. The van der Waals surface area contributed by atoms with Crippen molar-refractivity contribution in [2.24, 2.45) is 0 Å². The first kappa shape index (κ1) is 12.8. The van der Waals surface area contributed by atoms with Crippen LogP contribution in [0.2, 0.25) is 0 Å². The summed E-state index contributed by atoms with van der Waals surface area (Å²) in [7, 11) is 0. The van der Waals surface area contributed by atoms with Crippen molar-refractivity contribution in [1.82, 2.24) is 10.6 Å². The van der Waals surface area contributed by atoms with Gasteiger partial charge in [-0.3, -0.25) is 4.79 Å². The van der Waals surface area contributed by atoms with E-state index in [2.05, 4.69) is 15.4 Å². The molecule has 0 aromatic heterocycles. The Morgan fingerprint density at radius 2 is 2.06 bits per heavy atom. The highest BCUT2D eigenvalue weighted by Gasteiger charge is 2.16. The molecule has 0 radical (unpaired) electrons. The molecule has 1 rings (SSSR count). The second-order valence-electron chi connectivity index (χ2n) is 3.52. The highest BCUT2D eigenvalue weighted by atomic mass is 16.5. The van der Waals surface area contributed by atoms with E-state index in [1.807, 2.05) is 0 Å². The predicted octanol–water partition coefficient (Wildman–Crippen LogP) is 0.0277. The van der Waals surface area contributed by atoms with E-state index in [9.17, 15) is 9.59 Å². The maximum Gasteiger partial charge on any atom is 0.325 e. The zero-order valence-electron chi connectivity index (χ0n) is 9.45. The van der Waals surface area contributed by atoms with Crippen molar-refractivity contribution < 1.29 is 19.1 Å². The van der Waals surface area contributed by atoms with E-state index in [4.69, 9.17) is 4.74 Å². The number of amides is 2. The number of rotatable bonds is 4. The van der Waals surface area contributed by atoms with E-state index in [0.29, 0.717) is 19.8 Å². The molecule has 0 bridgehead atoms. The van der Waals surface area contributed by atoms with E-state index >= 15 is 0 Å². The molecule has 0 aliphatic carbocycles. The molecule has 6 heteroatoms. The predicted molar refractivity (Wildman–Crippen MR) is 57.0 cm³/mol. The number of nitrogens with one attached hydrogen (secondary N) is 2. The smallest absolute Gasteiger partial charge is 0.325 e. The topological polar surface area (TPSA) is 76.7 Å². The van der Waals surface area contributed by atoms with Crippen LogP contribution in [0.3, 0.4) is 0 Å². The second kappa shape index (κ2) is 7.05. The molecule has 2 N–H and O–H groups in total. The van der Waals surface area contributed by atoms with Gasteiger partial charge in [0.25, 0.3) is 0 Å². The van der Waals surface area contributed by atoms with Crippen LogP contribution in [0.5, 0.6) is 0 Å². The third-order valence-electron chi connectivity index (χ3n) is 2.26. The fourth-order valence-electron chi connectivity index (χ4n) is 1.44. The van der Waals surface area contributed by atoms with Crippen molar-refractivity contribution in [3.05, 3.63) is 0 Å². The molecule has 16 heavy (non-hydrogen) atoms. The standard InChI is InChI=1S/C10H18N2O4/c1-2-16-9(13)7-11-10(14)12-8-3-5-15-6-4-8/h8H,2-7H2,1H3,(H2,11,12,14). The molecular weight excluding hydrogens is 212 g/mol. The summed E-state index contributed by atoms with van der Waals surface area (Å²) in [5.41, 5.74) is 0.